The number of hydrogen-bond acceptors (Lipinski definition) is 5. The predicted octanol–water partition coefficient (Wildman–Crippen LogP) is 2.95. The van der Waals surface area contributed by atoms with Crippen LogP contribution in [0.25, 0.3) is 0 Å². The lowest BCUT2D eigenvalue weighted by molar-refractivity contribution is -0.0273. The summed E-state index contributed by atoms with van der Waals surface area (Å²) in [5.74, 6) is 0.340. The van der Waals surface area contributed by atoms with Crippen LogP contribution in [0.2, 0.25) is 0 Å². The largest absolute Gasteiger partial charge is 0.514 e. The Bertz CT molecular complexity index is 571. The van der Waals surface area contributed by atoms with Crippen molar-refractivity contribution in [3.05, 3.63) is 66.8 Å². The van der Waals surface area contributed by atoms with E-state index in [-0.39, 0.29) is 16.5 Å². The minimum absolute atomic E-state index is 0.0417. The standard InChI is InChI=1S/C14H11NO5/c16-14(20-12-7-2-1-3-8-12)19-10-11-6-4-5-9-13(11)15(17)18/h1-10,17H. The van der Waals surface area contributed by atoms with Crippen LogP contribution < -0.4 is 9.96 Å². The van der Waals surface area contributed by atoms with Gasteiger partial charge in [0.05, 0.1) is 0 Å². The molecule has 0 unspecified atom stereocenters. The lowest BCUT2D eigenvalue weighted by Gasteiger charge is -2.11. The third kappa shape index (κ3) is 3.71. The fraction of sp³-hybridized carbons (Fsp3) is 0. The zero-order chi connectivity index (χ0) is 14.4. The normalized spacial score (nSPS) is 9.90. The van der Waals surface area contributed by atoms with Gasteiger partial charge in [-0.05, 0) is 18.2 Å². The summed E-state index contributed by atoms with van der Waals surface area (Å²) in [4.78, 5) is 11.4. The number of hydrogen-bond donors (Lipinski definition) is 1. The number of rotatable bonds is 4. The Hall–Kier alpha value is -2.57. The molecule has 0 aromatic heterocycles. The molecule has 0 saturated heterocycles. The maximum absolute atomic E-state index is 11.4. The van der Waals surface area contributed by atoms with E-state index in [1.165, 1.54) is 12.1 Å². The van der Waals surface area contributed by atoms with Crippen LogP contribution in [0, 0.1) is 6.61 Å². The van der Waals surface area contributed by atoms with Crippen LogP contribution in [0.15, 0.2) is 54.6 Å². The number of para-hydroxylation sites is 2. The van der Waals surface area contributed by atoms with Gasteiger partial charge in [0.1, 0.15) is 11.4 Å². The van der Waals surface area contributed by atoms with E-state index in [4.69, 9.17) is 14.7 Å². The minimum Gasteiger partial charge on any atom is -0.421 e. The summed E-state index contributed by atoms with van der Waals surface area (Å²) in [6.07, 6.45) is -0.943. The molecule has 102 valence electrons. The molecule has 0 aliphatic rings. The number of ether oxygens (including phenoxy) is 2. The minimum atomic E-state index is -0.943. The van der Waals surface area contributed by atoms with Crippen molar-refractivity contribution in [2.45, 2.75) is 0 Å². The van der Waals surface area contributed by atoms with Crippen molar-refractivity contribution in [2.24, 2.45) is 0 Å². The topological polar surface area (TPSA) is 78.9 Å². The van der Waals surface area contributed by atoms with E-state index in [1.54, 1.807) is 42.5 Å². The van der Waals surface area contributed by atoms with Gasteiger partial charge in [-0.2, -0.15) is 0 Å². The molecule has 0 saturated carbocycles. The average molecular weight is 273 g/mol. The molecule has 0 aliphatic heterocycles. The first-order valence-corrected chi connectivity index (χ1v) is 5.69. The van der Waals surface area contributed by atoms with Gasteiger partial charge in [0, 0.05) is 5.56 Å². The van der Waals surface area contributed by atoms with Gasteiger partial charge in [0.2, 0.25) is 0 Å². The molecule has 2 radical (unpaired) electrons. The van der Waals surface area contributed by atoms with Gasteiger partial charge < -0.3 is 9.47 Å². The number of benzene rings is 2. The number of carbonyl (C=O) groups is 1. The zero-order valence-corrected chi connectivity index (χ0v) is 10.3. The van der Waals surface area contributed by atoms with Crippen LogP contribution in [0.4, 0.5) is 10.5 Å². The van der Waals surface area contributed by atoms with Crippen molar-refractivity contribution in [1.29, 1.82) is 0 Å². The lowest BCUT2D eigenvalue weighted by Crippen LogP contribution is -2.13. The maximum atomic E-state index is 11.4. The summed E-state index contributed by atoms with van der Waals surface area (Å²) in [6, 6.07) is 14.5. The highest BCUT2D eigenvalue weighted by molar-refractivity contribution is 5.65. The molecule has 2 aromatic rings. The molecule has 0 spiro atoms. The Morgan fingerprint density at radius 3 is 2.40 bits per heavy atom. The first-order valence-electron chi connectivity index (χ1n) is 5.69. The van der Waals surface area contributed by atoms with E-state index in [1.807, 2.05) is 0 Å². The second-order valence-corrected chi connectivity index (χ2v) is 3.73. The second kappa shape index (κ2) is 6.55. The van der Waals surface area contributed by atoms with E-state index >= 15 is 0 Å². The lowest BCUT2D eigenvalue weighted by atomic mass is 10.2. The quantitative estimate of drug-likeness (QED) is 0.526. The first-order chi connectivity index (χ1) is 9.66. The maximum Gasteiger partial charge on any atom is 0.514 e. The molecule has 0 amide bonds. The van der Waals surface area contributed by atoms with Crippen molar-refractivity contribution in [2.75, 3.05) is 5.23 Å². The molecular weight excluding hydrogens is 262 g/mol. The molecule has 0 fully saturated rings. The predicted molar refractivity (Wildman–Crippen MR) is 68.3 cm³/mol. The third-order valence-electron chi connectivity index (χ3n) is 2.37. The van der Waals surface area contributed by atoms with Crippen molar-refractivity contribution < 1.29 is 24.7 Å². The van der Waals surface area contributed by atoms with Crippen LogP contribution in [0.5, 0.6) is 5.75 Å². The summed E-state index contributed by atoms with van der Waals surface area (Å²) in [5.41, 5.74) is 0.204. The molecule has 6 nitrogen and oxygen atoms in total. The molecule has 2 rings (SSSR count). The van der Waals surface area contributed by atoms with E-state index in [9.17, 15) is 10.0 Å². The third-order valence-corrected chi connectivity index (χ3v) is 2.37. The van der Waals surface area contributed by atoms with Crippen LogP contribution >= 0.6 is 0 Å². The Morgan fingerprint density at radius 1 is 1.05 bits per heavy atom. The molecule has 0 heterocycles. The summed E-state index contributed by atoms with van der Waals surface area (Å²) in [7, 11) is 0. The van der Waals surface area contributed by atoms with Gasteiger partial charge in [0.15, 0.2) is 6.61 Å². The average Bonchev–Trinajstić information content (AvgIpc) is 2.46. The number of carbonyl (C=O) groups excluding carboxylic acids is 1. The van der Waals surface area contributed by atoms with E-state index < -0.39 is 6.16 Å². The monoisotopic (exact) mass is 273 g/mol. The molecular formula is C14H11NO5. The molecule has 20 heavy (non-hydrogen) atoms. The molecule has 1 N–H and O–H groups in total. The SMILES string of the molecule is [O]N(O)c1ccccc1[CH]OC(=O)Oc1ccccc1. The van der Waals surface area contributed by atoms with Gasteiger partial charge in [0.25, 0.3) is 0 Å². The fourth-order valence-corrected chi connectivity index (χ4v) is 1.48. The first kappa shape index (κ1) is 13.9. The highest BCUT2D eigenvalue weighted by Crippen LogP contribution is 2.20. The van der Waals surface area contributed by atoms with Gasteiger partial charge in [-0.25, -0.2) is 4.79 Å². The van der Waals surface area contributed by atoms with E-state index in [2.05, 4.69) is 0 Å². The molecule has 0 atom stereocenters. The Labute approximate surface area is 115 Å². The highest BCUT2D eigenvalue weighted by atomic mass is 16.8. The molecule has 2 aromatic carbocycles. The number of nitrogens with zero attached hydrogens (tertiary/aromatic N) is 1. The summed E-state index contributed by atoms with van der Waals surface area (Å²) in [5, 5.41) is 19.5. The Kier molecular flexibility index (Phi) is 4.54. The Morgan fingerprint density at radius 2 is 1.70 bits per heavy atom. The summed E-state index contributed by atoms with van der Waals surface area (Å²) in [6.45, 7) is 1.03. The van der Waals surface area contributed by atoms with Gasteiger partial charge in [-0.15, -0.1) is 0 Å². The van der Waals surface area contributed by atoms with E-state index in [0.717, 1.165) is 6.61 Å². The van der Waals surface area contributed by atoms with Crippen molar-refractivity contribution in [3.63, 3.8) is 0 Å². The van der Waals surface area contributed by atoms with Crippen LogP contribution in [-0.4, -0.2) is 11.4 Å². The smallest absolute Gasteiger partial charge is 0.421 e. The summed E-state index contributed by atoms with van der Waals surface area (Å²) < 4.78 is 9.65. The van der Waals surface area contributed by atoms with Crippen molar-refractivity contribution in [1.82, 2.24) is 0 Å². The zero-order valence-electron chi connectivity index (χ0n) is 10.3. The second-order valence-electron chi connectivity index (χ2n) is 3.73. The van der Waals surface area contributed by atoms with Crippen LogP contribution in [0.3, 0.4) is 0 Å². The van der Waals surface area contributed by atoms with Crippen molar-refractivity contribution >= 4 is 11.8 Å². The van der Waals surface area contributed by atoms with E-state index in [0.29, 0.717) is 5.75 Å². The Balaban J connectivity index is 1.94. The van der Waals surface area contributed by atoms with Crippen LogP contribution in [0.1, 0.15) is 5.56 Å². The number of anilines is 1. The fourth-order valence-electron chi connectivity index (χ4n) is 1.48. The molecule has 0 bridgehead atoms. The van der Waals surface area contributed by atoms with Gasteiger partial charge >= 0.3 is 6.16 Å². The molecule has 0 aliphatic carbocycles. The van der Waals surface area contributed by atoms with Gasteiger partial charge in [-0.3, -0.25) is 5.21 Å². The van der Waals surface area contributed by atoms with Crippen molar-refractivity contribution in [3.8, 4) is 5.75 Å². The highest BCUT2D eigenvalue weighted by Gasteiger charge is 2.12. The summed E-state index contributed by atoms with van der Waals surface area (Å²) >= 11 is 0. The van der Waals surface area contributed by atoms with Crippen LogP contribution in [-0.2, 0) is 9.94 Å². The van der Waals surface area contributed by atoms with Gasteiger partial charge in [-0.1, -0.05) is 46.8 Å². The molecule has 6 heteroatoms.